The van der Waals surface area contributed by atoms with Crippen LogP contribution in [0.2, 0.25) is 0 Å². The molecule has 9 rings (SSSR count). The maximum atomic E-state index is 2.45. The lowest BCUT2D eigenvalue weighted by molar-refractivity contribution is 1.29. The number of nitrogens with zero attached hydrogens (tertiary/aromatic N) is 1. The highest BCUT2D eigenvalue weighted by Crippen LogP contribution is 2.49. The zero-order valence-electron chi connectivity index (χ0n) is 26.3. The molecule has 0 spiro atoms. The topological polar surface area (TPSA) is 3.24 Å². The molecule has 0 aliphatic heterocycles. The average Bonchev–Trinajstić information content (AvgIpc) is 3.55. The van der Waals surface area contributed by atoms with E-state index < -0.39 is 0 Å². The molecule has 0 bridgehead atoms. The summed E-state index contributed by atoms with van der Waals surface area (Å²) >= 11 is 1.87. The van der Waals surface area contributed by atoms with Gasteiger partial charge in [-0.3, -0.25) is 0 Å². The summed E-state index contributed by atoms with van der Waals surface area (Å²) in [7, 11) is 0. The minimum atomic E-state index is 1.12. The van der Waals surface area contributed by atoms with Crippen molar-refractivity contribution in [3.8, 4) is 33.4 Å². The Morgan fingerprint density at radius 2 is 0.958 bits per heavy atom. The maximum absolute atomic E-state index is 2.45. The molecule has 0 N–H and O–H groups in total. The van der Waals surface area contributed by atoms with Crippen LogP contribution in [0.1, 0.15) is 0 Å². The Bertz CT molecular complexity index is 2550. The molecule has 48 heavy (non-hydrogen) atoms. The summed E-state index contributed by atoms with van der Waals surface area (Å²) in [5.41, 5.74) is 10.7. The molecule has 226 valence electrons. The van der Waals surface area contributed by atoms with E-state index in [1.54, 1.807) is 0 Å². The summed E-state index contributed by atoms with van der Waals surface area (Å²) in [4.78, 5) is 2.45. The predicted molar refractivity (Wildman–Crippen MR) is 208 cm³/mol. The molecule has 8 aromatic carbocycles. The molecule has 1 heterocycles. The summed E-state index contributed by atoms with van der Waals surface area (Å²) in [5.74, 6) is 0. The number of hydrogen-bond donors (Lipinski definition) is 0. The van der Waals surface area contributed by atoms with Crippen LogP contribution in [0.4, 0.5) is 17.1 Å². The van der Waals surface area contributed by atoms with Gasteiger partial charge in [-0.05, 0) is 81.1 Å². The van der Waals surface area contributed by atoms with Gasteiger partial charge in [0.2, 0.25) is 0 Å². The fraction of sp³-hybridized carbons (Fsp3) is 0. The van der Waals surface area contributed by atoms with E-state index in [0.29, 0.717) is 0 Å². The quantitative estimate of drug-likeness (QED) is 0.177. The highest BCUT2D eigenvalue weighted by Gasteiger charge is 2.22. The minimum absolute atomic E-state index is 1.12. The third-order valence-corrected chi connectivity index (χ3v) is 10.4. The average molecular weight is 630 g/mol. The van der Waals surface area contributed by atoms with Gasteiger partial charge < -0.3 is 4.90 Å². The fourth-order valence-electron chi connectivity index (χ4n) is 6.94. The molecule has 0 aliphatic rings. The van der Waals surface area contributed by atoms with Crippen molar-refractivity contribution in [3.05, 3.63) is 188 Å². The first-order valence-corrected chi connectivity index (χ1v) is 17.2. The molecule has 0 unspecified atom stereocenters. The van der Waals surface area contributed by atoms with Crippen molar-refractivity contribution in [2.45, 2.75) is 0 Å². The minimum Gasteiger partial charge on any atom is -0.310 e. The van der Waals surface area contributed by atoms with Crippen molar-refractivity contribution in [1.29, 1.82) is 0 Å². The lowest BCUT2D eigenvalue weighted by Crippen LogP contribution is -2.11. The first-order valence-electron chi connectivity index (χ1n) is 16.3. The Hall–Kier alpha value is -5.96. The maximum Gasteiger partial charge on any atom is 0.0547 e. The third kappa shape index (κ3) is 5.04. The second kappa shape index (κ2) is 12.0. The van der Waals surface area contributed by atoms with E-state index in [-0.39, 0.29) is 0 Å². The standard InChI is InChI=1S/C46H31NS/c1-3-12-32(13-4-1)35-22-24-36(25-23-35)45-42(28-29-44-46(45)41-20-9-10-21-43(41)48-44)47(40-27-26-34-16-7-8-17-37(34)31-40)39-19-11-18-38(30-39)33-14-5-2-6-15-33/h1-31H. The van der Waals surface area contributed by atoms with Gasteiger partial charge in [0.1, 0.15) is 0 Å². The molecule has 0 aliphatic carbocycles. The van der Waals surface area contributed by atoms with Gasteiger partial charge in [0.05, 0.1) is 5.69 Å². The number of rotatable bonds is 6. The summed E-state index contributed by atoms with van der Waals surface area (Å²) in [6.07, 6.45) is 0. The van der Waals surface area contributed by atoms with Gasteiger partial charge in [-0.2, -0.15) is 0 Å². The molecule has 0 amide bonds. The lowest BCUT2D eigenvalue weighted by atomic mass is 9.94. The molecular formula is C46H31NS. The van der Waals surface area contributed by atoms with Gasteiger partial charge in [0, 0.05) is 37.1 Å². The summed E-state index contributed by atoms with van der Waals surface area (Å²) in [5, 5.41) is 5.04. The Labute approximate surface area is 284 Å². The van der Waals surface area contributed by atoms with Crippen molar-refractivity contribution < 1.29 is 0 Å². The van der Waals surface area contributed by atoms with Crippen LogP contribution in [0.25, 0.3) is 64.3 Å². The van der Waals surface area contributed by atoms with Crippen LogP contribution in [-0.2, 0) is 0 Å². The molecule has 0 saturated carbocycles. The fourth-order valence-corrected chi connectivity index (χ4v) is 8.06. The Balaban J connectivity index is 1.33. The smallest absolute Gasteiger partial charge is 0.0547 e. The van der Waals surface area contributed by atoms with Crippen LogP contribution < -0.4 is 4.90 Å². The van der Waals surface area contributed by atoms with Gasteiger partial charge in [-0.1, -0.05) is 146 Å². The first-order chi connectivity index (χ1) is 23.8. The molecule has 1 aromatic heterocycles. The predicted octanol–water partition coefficient (Wildman–Crippen LogP) is 13.7. The van der Waals surface area contributed by atoms with Crippen molar-refractivity contribution in [3.63, 3.8) is 0 Å². The van der Waals surface area contributed by atoms with Crippen LogP contribution in [0.3, 0.4) is 0 Å². The largest absolute Gasteiger partial charge is 0.310 e. The van der Waals surface area contributed by atoms with E-state index in [9.17, 15) is 0 Å². The summed E-state index contributed by atoms with van der Waals surface area (Å²) < 4.78 is 2.59. The molecule has 0 saturated heterocycles. The number of benzene rings is 8. The summed E-state index contributed by atoms with van der Waals surface area (Å²) in [6, 6.07) is 68.2. The van der Waals surface area contributed by atoms with Crippen LogP contribution in [0.5, 0.6) is 0 Å². The molecule has 9 aromatic rings. The van der Waals surface area contributed by atoms with E-state index in [1.807, 2.05) is 11.3 Å². The number of anilines is 3. The molecular weight excluding hydrogens is 599 g/mol. The van der Waals surface area contributed by atoms with Crippen molar-refractivity contribution in [2.24, 2.45) is 0 Å². The second-order valence-corrected chi connectivity index (χ2v) is 13.2. The van der Waals surface area contributed by atoms with Crippen molar-refractivity contribution in [1.82, 2.24) is 0 Å². The third-order valence-electron chi connectivity index (χ3n) is 9.25. The Morgan fingerprint density at radius 1 is 0.354 bits per heavy atom. The lowest BCUT2D eigenvalue weighted by Gasteiger charge is -2.29. The summed E-state index contributed by atoms with van der Waals surface area (Å²) in [6.45, 7) is 0. The van der Waals surface area contributed by atoms with E-state index in [1.165, 1.54) is 64.3 Å². The monoisotopic (exact) mass is 629 g/mol. The van der Waals surface area contributed by atoms with E-state index >= 15 is 0 Å². The van der Waals surface area contributed by atoms with Crippen LogP contribution in [0, 0.1) is 0 Å². The second-order valence-electron chi connectivity index (χ2n) is 12.2. The molecule has 0 radical (unpaired) electrons. The van der Waals surface area contributed by atoms with Crippen molar-refractivity contribution >= 4 is 59.3 Å². The van der Waals surface area contributed by atoms with Gasteiger partial charge in [0.25, 0.3) is 0 Å². The van der Waals surface area contributed by atoms with Gasteiger partial charge in [-0.15, -0.1) is 11.3 Å². The van der Waals surface area contributed by atoms with E-state index in [2.05, 4.69) is 193 Å². The van der Waals surface area contributed by atoms with E-state index in [0.717, 1.165) is 17.1 Å². The Kier molecular flexibility index (Phi) is 7.07. The van der Waals surface area contributed by atoms with Gasteiger partial charge in [0.15, 0.2) is 0 Å². The van der Waals surface area contributed by atoms with Crippen LogP contribution >= 0.6 is 11.3 Å². The highest BCUT2D eigenvalue weighted by atomic mass is 32.1. The Morgan fingerprint density at radius 3 is 1.75 bits per heavy atom. The van der Waals surface area contributed by atoms with Gasteiger partial charge >= 0.3 is 0 Å². The zero-order chi connectivity index (χ0) is 31.9. The number of fused-ring (bicyclic) bond motifs is 4. The van der Waals surface area contributed by atoms with Crippen molar-refractivity contribution in [2.75, 3.05) is 4.90 Å². The SMILES string of the molecule is c1ccc(-c2ccc(-c3c(N(c4cccc(-c5ccccc5)c4)c4ccc5ccccc5c4)ccc4sc5ccccc5c34)cc2)cc1. The highest BCUT2D eigenvalue weighted by molar-refractivity contribution is 7.26. The number of hydrogen-bond acceptors (Lipinski definition) is 2. The molecule has 2 heteroatoms. The number of thiophene rings is 1. The van der Waals surface area contributed by atoms with E-state index in [4.69, 9.17) is 0 Å². The van der Waals surface area contributed by atoms with Crippen LogP contribution in [0.15, 0.2) is 188 Å². The zero-order valence-corrected chi connectivity index (χ0v) is 27.1. The van der Waals surface area contributed by atoms with Crippen LogP contribution in [-0.4, -0.2) is 0 Å². The van der Waals surface area contributed by atoms with Gasteiger partial charge in [-0.25, -0.2) is 0 Å². The molecule has 1 nitrogen and oxygen atoms in total. The normalized spacial score (nSPS) is 11.3. The molecule has 0 fully saturated rings. The molecule has 0 atom stereocenters. The first kappa shape index (κ1) is 28.3.